The second kappa shape index (κ2) is 14.3. The molecule has 1 rings (SSSR count). The van der Waals surface area contributed by atoms with Crippen molar-refractivity contribution < 1.29 is 4.74 Å². The van der Waals surface area contributed by atoms with Crippen molar-refractivity contribution >= 4 is 29.9 Å². The van der Waals surface area contributed by atoms with E-state index in [1.54, 1.807) is 0 Å². The third-order valence-electron chi connectivity index (χ3n) is 4.12. The predicted octanol–water partition coefficient (Wildman–Crippen LogP) is 2.71. The Morgan fingerprint density at radius 3 is 2.43 bits per heavy atom. The fourth-order valence-electron chi connectivity index (χ4n) is 2.87. The van der Waals surface area contributed by atoms with E-state index in [1.807, 2.05) is 6.92 Å². The molecule has 0 aromatic rings. The quantitative estimate of drug-likeness (QED) is 0.237. The van der Waals surface area contributed by atoms with Gasteiger partial charge in [-0.25, -0.2) is 0 Å². The zero-order valence-corrected chi connectivity index (χ0v) is 17.8. The maximum atomic E-state index is 5.37. The van der Waals surface area contributed by atoms with Gasteiger partial charge in [0.1, 0.15) is 0 Å². The lowest BCUT2D eigenvalue weighted by Crippen LogP contribution is -2.42. The van der Waals surface area contributed by atoms with Gasteiger partial charge in [-0.15, -0.1) is 24.0 Å². The van der Waals surface area contributed by atoms with Crippen LogP contribution in [0.3, 0.4) is 0 Å². The summed E-state index contributed by atoms with van der Waals surface area (Å²) in [7, 11) is 0. The van der Waals surface area contributed by atoms with Crippen LogP contribution < -0.4 is 10.6 Å². The van der Waals surface area contributed by atoms with Crippen LogP contribution in [0, 0.1) is 5.92 Å². The molecule has 0 aromatic heterocycles. The molecule has 5 nitrogen and oxygen atoms in total. The number of guanidine groups is 1. The molecule has 0 aromatic carbocycles. The van der Waals surface area contributed by atoms with Gasteiger partial charge in [0.25, 0.3) is 0 Å². The number of hydrogen-bond acceptors (Lipinski definition) is 3. The molecule has 1 atom stereocenters. The summed E-state index contributed by atoms with van der Waals surface area (Å²) in [6.07, 6.45) is 3.68. The fraction of sp³-hybridized carbons (Fsp3) is 0.941. The van der Waals surface area contributed by atoms with Crippen molar-refractivity contribution in [3.05, 3.63) is 0 Å². The third kappa shape index (κ3) is 9.72. The van der Waals surface area contributed by atoms with Gasteiger partial charge >= 0.3 is 0 Å². The Bertz CT molecular complexity index is 307. The minimum Gasteiger partial charge on any atom is -0.382 e. The van der Waals surface area contributed by atoms with E-state index in [0.29, 0.717) is 12.0 Å². The first-order chi connectivity index (χ1) is 10.7. The summed E-state index contributed by atoms with van der Waals surface area (Å²) in [5, 5.41) is 6.74. The minimum absolute atomic E-state index is 0. The Kier molecular flexibility index (Phi) is 14.2. The molecule has 6 heteroatoms. The summed E-state index contributed by atoms with van der Waals surface area (Å²) in [6, 6.07) is 0.557. The van der Waals surface area contributed by atoms with Crippen LogP contribution in [-0.2, 0) is 4.74 Å². The number of hydrogen-bond donors (Lipinski definition) is 2. The van der Waals surface area contributed by atoms with E-state index in [9.17, 15) is 0 Å². The molecule has 0 saturated carbocycles. The molecular weight excluding hydrogens is 403 g/mol. The number of ether oxygens (including phenoxy) is 1. The zero-order valence-electron chi connectivity index (χ0n) is 15.4. The predicted molar refractivity (Wildman–Crippen MR) is 110 cm³/mol. The highest BCUT2D eigenvalue weighted by Crippen LogP contribution is 2.17. The van der Waals surface area contributed by atoms with E-state index in [2.05, 4.69) is 36.3 Å². The Balaban J connectivity index is 0.00000484. The highest BCUT2D eigenvalue weighted by Gasteiger charge is 2.24. The summed E-state index contributed by atoms with van der Waals surface area (Å²) >= 11 is 0. The SMILES string of the molecule is CCNC(=NCC(C(C)C)N1CCCC1)NCCCOCC.I. The van der Waals surface area contributed by atoms with Crippen molar-refractivity contribution in [1.29, 1.82) is 0 Å². The molecule has 1 fully saturated rings. The van der Waals surface area contributed by atoms with Gasteiger partial charge in [0.05, 0.1) is 6.54 Å². The second-order valence-electron chi connectivity index (χ2n) is 6.25. The van der Waals surface area contributed by atoms with Crippen LogP contribution in [0.4, 0.5) is 0 Å². The first-order valence-corrected chi connectivity index (χ1v) is 9.03. The third-order valence-corrected chi connectivity index (χ3v) is 4.12. The molecule has 0 spiro atoms. The number of likely N-dealkylation sites (tertiary alicyclic amines) is 1. The molecule has 1 saturated heterocycles. The maximum absolute atomic E-state index is 5.37. The van der Waals surface area contributed by atoms with Crippen molar-refractivity contribution in [3.63, 3.8) is 0 Å². The number of nitrogens with zero attached hydrogens (tertiary/aromatic N) is 2. The van der Waals surface area contributed by atoms with Gasteiger partial charge in [-0.2, -0.15) is 0 Å². The van der Waals surface area contributed by atoms with Crippen molar-refractivity contribution in [3.8, 4) is 0 Å². The van der Waals surface area contributed by atoms with Gasteiger partial charge in [0.2, 0.25) is 0 Å². The molecule has 1 aliphatic heterocycles. The first-order valence-electron chi connectivity index (χ1n) is 9.03. The standard InChI is InChI=1S/C17H36N4O.HI/c1-5-18-17(19-10-9-13-22-6-2)20-14-16(15(3)4)21-11-7-8-12-21;/h15-16H,5-14H2,1-4H3,(H2,18,19,20);1H. The highest BCUT2D eigenvalue weighted by atomic mass is 127. The minimum atomic E-state index is 0. The van der Waals surface area contributed by atoms with E-state index in [1.165, 1.54) is 25.9 Å². The summed E-state index contributed by atoms with van der Waals surface area (Å²) in [4.78, 5) is 7.41. The van der Waals surface area contributed by atoms with E-state index in [4.69, 9.17) is 9.73 Å². The highest BCUT2D eigenvalue weighted by molar-refractivity contribution is 14.0. The molecular formula is C17H37IN4O. The number of halogens is 1. The van der Waals surface area contributed by atoms with Crippen LogP contribution in [0.15, 0.2) is 4.99 Å². The normalized spacial score (nSPS) is 17.2. The van der Waals surface area contributed by atoms with Crippen LogP contribution in [0.5, 0.6) is 0 Å². The van der Waals surface area contributed by atoms with E-state index < -0.39 is 0 Å². The maximum Gasteiger partial charge on any atom is 0.191 e. The fourth-order valence-corrected chi connectivity index (χ4v) is 2.87. The number of nitrogens with one attached hydrogen (secondary N) is 2. The van der Waals surface area contributed by atoms with E-state index >= 15 is 0 Å². The van der Waals surface area contributed by atoms with E-state index in [0.717, 1.165) is 45.2 Å². The van der Waals surface area contributed by atoms with Gasteiger partial charge in [-0.3, -0.25) is 9.89 Å². The average Bonchev–Trinajstić information content (AvgIpc) is 3.00. The van der Waals surface area contributed by atoms with Crippen LogP contribution in [0.2, 0.25) is 0 Å². The van der Waals surface area contributed by atoms with E-state index in [-0.39, 0.29) is 24.0 Å². The molecule has 0 radical (unpaired) electrons. The summed E-state index contributed by atoms with van der Waals surface area (Å²) in [5.41, 5.74) is 0. The first kappa shape index (κ1) is 22.9. The second-order valence-corrected chi connectivity index (χ2v) is 6.25. The molecule has 0 aliphatic carbocycles. The van der Waals surface area contributed by atoms with Gasteiger partial charge in [-0.1, -0.05) is 13.8 Å². The molecule has 0 amide bonds. The Morgan fingerprint density at radius 1 is 1.17 bits per heavy atom. The summed E-state index contributed by atoms with van der Waals surface area (Å²) < 4.78 is 5.37. The van der Waals surface area contributed by atoms with Crippen LogP contribution >= 0.6 is 24.0 Å². The zero-order chi connectivity index (χ0) is 16.2. The Morgan fingerprint density at radius 2 is 1.87 bits per heavy atom. The molecule has 1 aliphatic rings. The Hall–Kier alpha value is -0.0800. The number of rotatable bonds is 10. The van der Waals surface area contributed by atoms with Gasteiger partial charge in [0, 0.05) is 32.3 Å². The molecule has 1 heterocycles. The Labute approximate surface area is 160 Å². The molecule has 138 valence electrons. The number of aliphatic imine (C=N–C) groups is 1. The van der Waals surface area contributed by atoms with Crippen molar-refractivity contribution in [1.82, 2.24) is 15.5 Å². The molecule has 1 unspecified atom stereocenters. The van der Waals surface area contributed by atoms with Crippen molar-refractivity contribution in [2.75, 3.05) is 45.9 Å². The topological polar surface area (TPSA) is 48.9 Å². The van der Waals surface area contributed by atoms with Gasteiger partial charge < -0.3 is 15.4 Å². The average molecular weight is 440 g/mol. The lowest BCUT2D eigenvalue weighted by Gasteiger charge is -2.29. The smallest absolute Gasteiger partial charge is 0.191 e. The molecule has 2 N–H and O–H groups in total. The molecule has 0 bridgehead atoms. The van der Waals surface area contributed by atoms with Gasteiger partial charge in [-0.05, 0) is 52.1 Å². The molecule has 23 heavy (non-hydrogen) atoms. The summed E-state index contributed by atoms with van der Waals surface area (Å²) in [6.45, 7) is 15.5. The monoisotopic (exact) mass is 440 g/mol. The largest absolute Gasteiger partial charge is 0.382 e. The van der Waals surface area contributed by atoms with Crippen molar-refractivity contribution in [2.24, 2.45) is 10.9 Å². The van der Waals surface area contributed by atoms with Crippen LogP contribution in [0.25, 0.3) is 0 Å². The van der Waals surface area contributed by atoms with Crippen molar-refractivity contribution in [2.45, 2.75) is 53.0 Å². The van der Waals surface area contributed by atoms with Crippen LogP contribution in [-0.4, -0.2) is 62.8 Å². The lowest BCUT2D eigenvalue weighted by atomic mass is 10.0. The lowest BCUT2D eigenvalue weighted by molar-refractivity contribution is 0.145. The summed E-state index contributed by atoms with van der Waals surface area (Å²) in [5.74, 6) is 1.58. The van der Waals surface area contributed by atoms with Gasteiger partial charge in [0.15, 0.2) is 5.96 Å². The van der Waals surface area contributed by atoms with Crippen LogP contribution in [0.1, 0.15) is 47.0 Å².